The molecule has 0 saturated carbocycles. The summed E-state index contributed by atoms with van der Waals surface area (Å²) in [6.07, 6.45) is 0.0531. The smallest absolute Gasteiger partial charge is 0.246 e. The van der Waals surface area contributed by atoms with Gasteiger partial charge < -0.3 is 70.2 Å². The normalized spacial score (nSPS) is 15.5. The van der Waals surface area contributed by atoms with E-state index < -0.39 is 114 Å². The van der Waals surface area contributed by atoms with E-state index in [2.05, 4.69) is 67.5 Å². The van der Waals surface area contributed by atoms with Gasteiger partial charge in [0.1, 0.15) is 48.0 Å². The first kappa shape index (κ1) is 60.2. The van der Waals surface area contributed by atoms with E-state index in [4.69, 9.17) is 22.9 Å². The summed E-state index contributed by atoms with van der Waals surface area (Å²) in [4.78, 5) is 139. The first-order chi connectivity index (χ1) is 34.6. The number of primary amides is 2. The van der Waals surface area contributed by atoms with Gasteiger partial charge in [-0.15, -0.1) is 0 Å². The van der Waals surface area contributed by atoms with Gasteiger partial charge in [0.05, 0.1) is 13.0 Å². The number of benzene rings is 2. The van der Waals surface area contributed by atoms with Crippen LogP contribution in [-0.2, 0) is 60.8 Å². The van der Waals surface area contributed by atoms with Crippen molar-refractivity contribution in [1.29, 1.82) is 0 Å². The van der Waals surface area contributed by atoms with Crippen LogP contribution in [0.15, 0.2) is 59.6 Å². The second-order valence-corrected chi connectivity index (χ2v) is 18.6. The number of aliphatic imine (C=N–C) groups is 1. The summed E-state index contributed by atoms with van der Waals surface area (Å²) in [6, 6.07) is 5.51. The Morgan fingerprint density at radius 3 is 1.82 bits per heavy atom. The molecule has 0 aliphatic carbocycles. The first-order valence-corrected chi connectivity index (χ1v) is 24.9. The Hall–Kier alpha value is -7.09. The number of likely N-dealkylation sites (tertiary alicyclic amines) is 1. The van der Waals surface area contributed by atoms with Crippen molar-refractivity contribution in [3.05, 3.63) is 65.7 Å². The van der Waals surface area contributed by atoms with Crippen LogP contribution in [0.3, 0.4) is 0 Å². The molecule has 10 amide bonds. The maximum atomic E-state index is 14.3. The molecule has 1 fully saturated rings. The van der Waals surface area contributed by atoms with Crippen molar-refractivity contribution in [1.82, 2.24) is 42.1 Å². The van der Waals surface area contributed by atoms with Crippen molar-refractivity contribution in [3.8, 4) is 5.75 Å². The monoisotopic (exact) mass is 1060 g/mol. The van der Waals surface area contributed by atoms with Crippen LogP contribution in [0.25, 0.3) is 0 Å². The molecule has 1 heterocycles. The van der Waals surface area contributed by atoms with E-state index in [1.807, 2.05) is 0 Å². The minimum atomic E-state index is -1.68. The van der Waals surface area contributed by atoms with Crippen molar-refractivity contribution in [2.75, 3.05) is 31.1 Å². The number of carbonyl (C=O) groups is 10. The van der Waals surface area contributed by atoms with E-state index in [0.717, 1.165) is 0 Å². The first-order valence-electron chi connectivity index (χ1n) is 23.7. The third-order valence-corrected chi connectivity index (χ3v) is 11.9. The molecule has 1 saturated heterocycles. The lowest BCUT2D eigenvalue weighted by Crippen LogP contribution is -2.61. The number of nitrogens with one attached hydrogen (secondary N) is 7. The number of aromatic hydroxyl groups is 1. The zero-order valence-electron chi connectivity index (χ0n) is 40.8. The quantitative estimate of drug-likeness (QED) is 0.0160. The molecule has 73 heavy (non-hydrogen) atoms. The molecule has 26 heteroatoms. The largest absolute Gasteiger partial charge is 0.508 e. The summed E-state index contributed by atoms with van der Waals surface area (Å²) in [7, 11) is 0. The third-order valence-electron chi connectivity index (χ3n) is 11.3. The lowest BCUT2D eigenvalue weighted by atomic mass is 9.99. The Bertz CT molecular complexity index is 2270. The average molecular weight is 1060 g/mol. The third kappa shape index (κ3) is 21.3. The SMILES string of the molecule is CC(C)C[C@H](NC(=O)[C@H](Cc1ccccc1)NC(=O)[C@H](Cc1ccc(O)cc1)NC(=O)CCS)C(=O)N[C@@H](CC(N)=O)C(=O)N[C@@H](CS)C(=O)N1CCC[C@H]1C(=O)N[C@H](CCCN=C(N)N)C(=O)NCC(N)=O. The highest BCUT2D eigenvalue weighted by Crippen LogP contribution is 2.20. The van der Waals surface area contributed by atoms with Crippen molar-refractivity contribution < 1.29 is 53.1 Å². The van der Waals surface area contributed by atoms with E-state index in [0.29, 0.717) is 17.5 Å². The summed E-state index contributed by atoms with van der Waals surface area (Å²) in [5, 5.41) is 27.9. The number of hydrogen-bond donors (Lipinski definition) is 14. The molecular weight excluding hydrogens is 987 g/mol. The predicted octanol–water partition coefficient (Wildman–Crippen LogP) is -3.10. The molecule has 24 nitrogen and oxygen atoms in total. The van der Waals surface area contributed by atoms with E-state index >= 15 is 0 Å². The zero-order chi connectivity index (χ0) is 54.2. The number of carbonyl (C=O) groups excluding carboxylic acids is 10. The van der Waals surface area contributed by atoms with Gasteiger partial charge in [0.25, 0.3) is 0 Å². The van der Waals surface area contributed by atoms with E-state index in [1.54, 1.807) is 56.3 Å². The molecule has 3 rings (SSSR count). The van der Waals surface area contributed by atoms with Crippen LogP contribution in [-0.4, -0.2) is 148 Å². The number of phenols is 1. The topological polar surface area (TPSA) is 395 Å². The number of guanidine groups is 1. The van der Waals surface area contributed by atoms with E-state index in [-0.39, 0.29) is 87.2 Å². The van der Waals surface area contributed by atoms with Gasteiger partial charge in [0.15, 0.2) is 5.96 Å². The maximum absolute atomic E-state index is 14.3. The minimum Gasteiger partial charge on any atom is -0.508 e. The van der Waals surface area contributed by atoms with Gasteiger partial charge in [-0.2, -0.15) is 25.3 Å². The van der Waals surface area contributed by atoms with Crippen LogP contribution < -0.4 is 60.2 Å². The molecule has 0 unspecified atom stereocenters. The van der Waals surface area contributed by atoms with E-state index in [9.17, 15) is 53.1 Å². The van der Waals surface area contributed by atoms with Crippen molar-refractivity contribution in [3.63, 3.8) is 0 Å². The molecule has 1 aliphatic rings. The van der Waals surface area contributed by atoms with Gasteiger partial charge in [0, 0.05) is 38.1 Å². The molecule has 7 atom stereocenters. The number of nitrogens with zero attached hydrogens (tertiary/aromatic N) is 2. The molecule has 2 aromatic rings. The molecule has 0 aromatic heterocycles. The maximum Gasteiger partial charge on any atom is 0.246 e. The van der Waals surface area contributed by atoms with Gasteiger partial charge in [-0.25, -0.2) is 0 Å². The Morgan fingerprint density at radius 1 is 0.685 bits per heavy atom. The fourth-order valence-electron chi connectivity index (χ4n) is 7.73. The van der Waals surface area contributed by atoms with Crippen molar-refractivity contribution >= 4 is 90.3 Å². The fraction of sp³-hybridized carbons (Fsp3) is 0.511. The van der Waals surface area contributed by atoms with Gasteiger partial charge in [-0.05, 0) is 67.0 Å². The van der Waals surface area contributed by atoms with E-state index in [1.165, 1.54) is 17.0 Å². The zero-order valence-corrected chi connectivity index (χ0v) is 42.6. The van der Waals surface area contributed by atoms with Gasteiger partial charge in [-0.3, -0.25) is 52.9 Å². The van der Waals surface area contributed by atoms with Crippen LogP contribution >= 0.6 is 25.3 Å². The Balaban J connectivity index is 1.83. The van der Waals surface area contributed by atoms with Crippen molar-refractivity contribution in [2.24, 2.45) is 33.8 Å². The fourth-order valence-corrected chi connectivity index (χ4v) is 8.18. The molecule has 1 aliphatic heterocycles. The number of phenolic OH excluding ortho intramolecular Hbond substituents is 1. The van der Waals surface area contributed by atoms with Gasteiger partial charge in [0.2, 0.25) is 59.1 Å². The second kappa shape index (κ2) is 30.7. The lowest BCUT2D eigenvalue weighted by Gasteiger charge is -2.30. The summed E-state index contributed by atoms with van der Waals surface area (Å²) < 4.78 is 0. The summed E-state index contributed by atoms with van der Waals surface area (Å²) in [5.74, 6) is -8.43. The van der Waals surface area contributed by atoms with Crippen LogP contribution in [0.1, 0.15) is 69.9 Å². The number of amides is 10. The molecular formula is C47H69N13O11S2. The minimum absolute atomic E-state index is 0.00312. The molecule has 16 N–H and O–H groups in total. The van der Waals surface area contributed by atoms with Crippen LogP contribution in [0.2, 0.25) is 0 Å². The summed E-state index contributed by atoms with van der Waals surface area (Å²) >= 11 is 8.39. The highest BCUT2D eigenvalue weighted by atomic mass is 32.1. The number of hydrogen-bond acceptors (Lipinski definition) is 14. The molecule has 0 radical (unpaired) electrons. The Labute approximate surface area is 434 Å². The summed E-state index contributed by atoms with van der Waals surface area (Å²) in [5.41, 5.74) is 22.7. The average Bonchev–Trinajstić information content (AvgIpc) is 3.83. The van der Waals surface area contributed by atoms with Crippen LogP contribution in [0, 0.1) is 5.92 Å². The van der Waals surface area contributed by atoms with Gasteiger partial charge >= 0.3 is 0 Å². The number of nitrogens with two attached hydrogens (primary N) is 4. The second-order valence-electron chi connectivity index (χ2n) is 17.8. The Kier molecular flexibility index (Phi) is 25.3. The molecule has 400 valence electrons. The van der Waals surface area contributed by atoms with Gasteiger partial charge in [-0.1, -0.05) is 56.3 Å². The standard InChI is InChI=1S/C47H69N13O11S2/c1-26(2)20-31(56-43(68)33(21-27-8-4-3-5-9-27)57-42(67)32(54-39(64)16-19-72)22-28-12-14-29(61)15-13-28)41(66)58-34(23-37(48)62)44(69)59-35(25-73)46(71)60-18-7-11-36(60)45(70)55-30(10-6-17-52-47(50)51)40(65)53-24-38(49)63/h3-5,8-9,12-15,26,30-36,61,72-73H,6-7,10-11,16-25H2,1-2H3,(H2,48,62)(H2,49,63)(H,53,65)(H,54,64)(H,55,70)(H,56,68)(H,57,67)(H,58,66)(H,59,69)(H4,50,51,52)/t30-,31+,32+,33+,34+,35+,36+/m1/s1. The number of rotatable bonds is 30. The molecule has 2 aromatic carbocycles. The van der Waals surface area contributed by atoms with Crippen LogP contribution in [0.4, 0.5) is 0 Å². The predicted molar refractivity (Wildman–Crippen MR) is 276 cm³/mol. The lowest BCUT2D eigenvalue weighted by molar-refractivity contribution is -0.142. The summed E-state index contributed by atoms with van der Waals surface area (Å²) in [6.45, 7) is 3.25. The Morgan fingerprint density at radius 2 is 1.25 bits per heavy atom. The van der Waals surface area contributed by atoms with Crippen molar-refractivity contribution in [2.45, 2.75) is 114 Å². The highest BCUT2D eigenvalue weighted by Gasteiger charge is 2.40. The molecule has 0 spiro atoms. The number of thiol groups is 2. The highest BCUT2D eigenvalue weighted by molar-refractivity contribution is 7.80. The van der Waals surface area contributed by atoms with Crippen LogP contribution in [0.5, 0.6) is 5.75 Å². The molecule has 0 bridgehead atoms.